The Morgan fingerprint density at radius 1 is 1.69 bits per heavy atom. The molecule has 1 fully saturated rings. The number of nitriles is 1. The van der Waals surface area contributed by atoms with E-state index in [1.165, 1.54) is 15.5 Å². The second-order valence-electron chi connectivity index (χ2n) is 3.82. The Labute approximate surface area is 95.9 Å². The van der Waals surface area contributed by atoms with Gasteiger partial charge in [0, 0.05) is 19.3 Å². The van der Waals surface area contributed by atoms with Gasteiger partial charge in [0.2, 0.25) is 10.0 Å². The first-order chi connectivity index (χ1) is 7.41. The molecule has 1 aliphatic rings. The molecule has 0 radical (unpaired) electrons. The van der Waals surface area contributed by atoms with Crippen LogP contribution >= 0.6 is 0 Å². The minimum absolute atomic E-state index is 0.0638. The zero-order chi connectivity index (χ0) is 12.4. The normalized spacial score (nSPS) is 19.6. The molecule has 0 amide bonds. The Morgan fingerprint density at radius 3 is 2.62 bits per heavy atom. The van der Waals surface area contributed by atoms with Crippen LogP contribution in [0, 0.1) is 11.3 Å². The molecule has 0 unspecified atom stereocenters. The van der Waals surface area contributed by atoms with Crippen LogP contribution in [-0.4, -0.2) is 42.1 Å². The predicted molar refractivity (Wildman–Crippen MR) is 60.2 cm³/mol. The fourth-order valence-electron chi connectivity index (χ4n) is 1.70. The zero-order valence-electron chi connectivity index (χ0n) is 9.26. The van der Waals surface area contributed by atoms with E-state index in [9.17, 15) is 8.42 Å². The highest BCUT2D eigenvalue weighted by Crippen LogP contribution is 2.31. The van der Waals surface area contributed by atoms with Crippen molar-refractivity contribution in [2.75, 3.05) is 18.8 Å². The average molecular weight is 244 g/mol. The van der Waals surface area contributed by atoms with Gasteiger partial charge >= 0.3 is 0 Å². The van der Waals surface area contributed by atoms with Gasteiger partial charge in [-0.2, -0.15) is 9.57 Å². The number of hydrazine groups is 1. The van der Waals surface area contributed by atoms with Crippen LogP contribution in [0.1, 0.15) is 13.3 Å². The maximum atomic E-state index is 11.5. The van der Waals surface area contributed by atoms with Gasteiger partial charge in [0.1, 0.15) is 0 Å². The minimum atomic E-state index is -3.19. The molecule has 90 valence electrons. The van der Waals surface area contributed by atoms with Crippen LogP contribution in [0.2, 0.25) is 0 Å². The molecule has 0 spiro atoms. The molecule has 0 aromatic carbocycles. The van der Waals surface area contributed by atoms with Gasteiger partial charge in [0.05, 0.1) is 23.8 Å². The lowest BCUT2D eigenvalue weighted by atomic mass is 9.88. The summed E-state index contributed by atoms with van der Waals surface area (Å²) in [6, 6.07) is 2.02. The number of sulfonamides is 1. The summed E-state index contributed by atoms with van der Waals surface area (Å²) in [4.78, 5) is 0. The van der Waals surface area contributed by atoms with E-state index in [1.54, 1.807) is 6.92 Å². The van der Waals surface area contributed by atoms with E-state index in [4.69, 9.17) is 11.1 Å². The minimum Gasteiger partial charge on any atom is -0.309 e. The third-order valence-corrected chi connectivity index (χ3v) is 4.63. The Morgan fingerprint density at radius 2 is 2.25 bits per heavy atom. The fraction of sp³-hybridized carbons (Fsp3) is 0.667. The van der Waals surface area contributed by atoms with Crippen molar-refractivity contribution in [2.45, 2.75) is 18.9 Å². The molecule has 0 saturated carbocycles. The lowest BCUT2D eigenvalue weighted by molar-refractivity contribution is 0.0231. The van der Waals surface area contributed by atoms with E-state index in [0.29, 0.717) is 0 Å². The molecular weight excluding hydrogens is 228 g/mol. The highest BCUT2D eigenvalue weighted by Gasteiger charge is 2.50. The van der Waals surface area contributed by atoms with Gasteiger partial charge < -0.3 is 5.01 Å². The summed E-state index contributed by atoms with van der Waals surface area (Å²) in [5, 5.41) is 10.1. The molecule has 1 aliphatic heterocycles. The van der Waals surface area contributed by atoms with Crippen LogP contribution < -0.4 is 5.84 Å². The quantitative estimate of drug-likeness (QED) is 0.526. The van der Waals surface area contributed by atoms with Crippen LogP contribution in [0.25, 0.3) is 0 Å². The molecule has 1 heterocycles. The van der Waals surface area contributed by atoms with Crippen LogP contribution in [0.4, 0.5) is 0 Å². The molecule has 0 aromatic heterocycles. The van der Waals surface area contributed by atoms with E-state index < -0.39 is 15.6 Å². The van der Waals surface area contributed by atoms with E-state index in [2.05, 4.69) is 6.58 Å². The first-order valence-electron chi connectivity index (χ1n) is 4.93. The van der Waals surface area contributed by atoms with Crippen molar-refractivity contribution in [2.24, 2.45) is 5.84 Å². The molecule has 0 atom stereocenters. The Balaban J connectivity index is 2.78. The highest BCUT2D eigenvalue weighted by atomic mass is 32.2. The van der Waals surface area contributed by atoms with Crippen LogP contribution in [0.3, 0.4) is 0 Å². The van der Waals surface area contributed by atoms with Gasteiger partial charge in [-0.1, -0.05) is 6.58 Å². The zero-order valence-corrected chi connectivity index (χ0v) is 10.1. The first kappa shape index (κ1) is 13.0. The van der Waals surface area contributed by atoms with Crippen LogP contribution in [0.5, 0.6) is 0 Å². The fourth-order valence-corrected chi connectivity index (χ4v) is 2.94. The van der Waals surface area contributed by atoms with Crippen LogP contribution in [0.15, 0.2) is 12.8 Å². The standard InChI is InChI=1S/C9H16N4O2S/c1-3-13(11)9(5-6-10)7-12(8-9)16(14,15)4-2/h3H,1,4-5,7-8,11H2,2H3. The van der Waals surface area contributed by atoms with Gasteiger partial charge in [0.25, 0.3) is 0 Å². The summed E-state index contributed by atoms with van der Waals surface area (Å²) in [6.45, 7) is 5.61. The smallest absolute Gasteiger partial charge is 0.213 e. The van der Waals surface area contributed by atoms with Crippen molar-refractivity contribution >= 4 is 10.0 Å². The van der Waals surface area contributed by atoms with Gasteiger partial charge in [-0.25, -0.2) is 14.3 Å². The van der Waals surface area contributed by atoms with Crippen molar-refractivity contribution in [1.29, 1.82) is 5.26 Å². The summed E-state index contributed by atoms with van der Waals surface area (Å²) < 4.78 is 24.4. The summed E-state index contributed by atoms with van der Waals surface area (Å²) in [5.41, 5.74) is -0.612. The number of nitrogens with zero attached hydrogens (tertiary/aromatic N) is 3. The summed E-state index contributed by atoms with van der Waals surface area (Å²) in [5.74, 6) is 5.75. The molecular formula is C9H16N4O2S. The molecule has 0 aromatic rings. The van der Waals surface area contributed by atoms with Crippen molar-refractivity contribution in [3.05, 3.63) is 12.8 Å². The second-order valence-corrected chi connectivity index (χ2v) is 6.08. The molecule has 7 heteroatoms. The van der Waals surface area contributed by atoms with E-state index in [1.807, 2.05) is 6.07 Å². The molecule has 1 rings (SSSR count). The topological polar surface area (TPSA) is 90.4 Å². The van der Waals surface area contributed by atoms with Crippen molar-refractivity contribution in [3.63, 3.8) is 0 Å². The molecule has 6 nitrogen and oxygen atoms in total. The van der Waals surface area contributed by atoms with Gasteiger partial charge in [-0.3, -0.25) is 0 Å². The van der Waals surface area contributed by atoms with Crippen molar-refractivity contribution in [1.82, 2.24) is 9.31 Å². The predicted octanol–water partition coefficient (Wildman–Crippen LogP) is -0.377. The summed E-state index contributed by atoms with van der Waals surface area (Å²) in [6.07, 6.45) is 1.60. The van der Waals surface area contributed by atoms with Gasteiger partial charge in [0.15, 0.2) is 0 Å². The number of nitrogens with two attached hydrogens (primary N) is 1. The first-order valence-corrected chi connectivity index (χ1v) is 6.54. The monoisotopic (exact) mass is 244 g/mol. The van der Waals surface area contributed by atoms with Gasteiger partial charge in [-0.05, 0) is 6.92 Å². The third kappa shape index (κ3) is 2.04. The number of hydrogen-bond acceptors (Lipinski definition) is 5. The molecule has 16 heavy (non-hydrogen) atoms. The number of hydrogen-bond donors (Lipinski definition) is 1. The lowest BCUT2D eigenvalue weighted by Gasteiger charge is -2.51. The van der Waals surface area contributed by atoms with Crippen molar-refractivity contribution < 1.29 is 8.42 Å². The Hall–Kier alpha value is -1.10. The largest absolute Gasteiger partial charge is 0.309 e. The third-order valence-electron chi connectivity index (χ3n) is 2.85. The van der Waals surface area contributed by atoms with E-state index in [0.717, 1.165) is 0 Å². The van der Waals surface area contributed by atoms with Gasteiger partial charge in [-0.15, -0.1) is 0 Å². The molecule has 1 saturated heterocycles. The highest BCUT2D eigenvalue weighted by molar-refractivity contribution is 7.89. The van der Waals surface area contributed by atoms with E-state index >= 15 is 0 Å². The second kappa shape index (κ2) is 4.41. The Bertz CT molecular complexity index is 406. The lowest BCUT2D eigenvalue weighted by Crippen LogP contribution is -2.71. The van der Waals surface area contributed by atoms with E-state index in [-0.39, 0.29) is 25.3 Å². The number of rotatable bonds is 5. The maximum Gasteiger partial charge on any atom is 0.213 e. The Kier molecular flexibility index (Phi) is 3.57. The maximum absolute atomic E-state index is 11.5. The molecule has 0 bridgehead atoms. The van der Waals surface area contributed by atoms with Crippen LogP contribution in [-0.2, 0) is 10.0 Å². The summed E-state index contributed by atoms with van der Waals surface area (Å²) >= 11 is 0. The van der Waals surface area contributed by atoms with Crippen molar-refractivity contribution in [3.8, 4) is 6.07 Å². The molecule has 0 aliphatic carbocycles. The SMILES string of the molecule is C=CN(N)C1(CC#N)CN(S(=O)(=O)CC)C1. The molecule has 2 N–H and O–H groups in total. The summed E-state index contributed by atoms with van der Waals surface area (Å²) in [7, 11) is -3.19. The average Bonchev–Trinajstić information content (AvgIpc) is 2.21.